The van der Waals surface area contributed by atoms with Crippen molar-refractivity contribution in [2.24, 2.45) is 5.92 Å². The minimum Gasteiger partial charge on any atom is -0.482 e. The molecule has 1 aromatic carbocycles. The Morgan fingerprint density at radius 3 is 2.56 bits per heavy atom. The smallest absolute Gasteiger partial charge is 0.344 e. The maximum atomic E-state index is 12.2. The molecule has 1 fully saturated rings. The van der Waals surface area contributed by atoms with Gasteiger partial charge in [0.15, 0.2) is 12.7 Å². The molecule has 1 aliphatic carbocycles. The maximum Gasteiger partial charge on any atom is 0.344 e. The summed E-state index contributed by atoms with van der Waals surface area (Å²) in [6.07, 6.45) is 4.25. The van der Waals surface area contributed by atoms with Gasteiger partial charge in [0.1, 0.15) is 12.0 Å². The molecule has 0 bridgehead atoms. The lowest BCUT2D eigenvalue weighted by atomic mass is 9.86. The Bertz CT molecular complexity index is 598. The first-order chi connectivity index (χ1) is 12.0. The number of carbonyl (C=O) groups excluding carboxylic acids is 3. The number of benzene rings is 1. The lowest BCUT2D eigenvalue weighted by Gasteiger charge is -2.30. The van der Waals surface area contributed by atoms with Gasteiger partial charge in [0.05, 0.1) is 0 Å². The Hall–Kier alpha value is -2.37. The fourth-order valence-electron chi connectivity index (χ4n) is 2.90. The van der Waals surface area contributed by atoms with E-state index < -0.39 is 12.1 Å². The van der Waals surface area contributed by atoms with E-state index in [1.165, 1.54) is 6.42 Å². The Labute approximate surface area is 147 Å². The van der Waals surface area contributed by atoms with E-state index in [1.54, 1.807) is 31.2 Å². The summed E-state index contributed by atoms with van der Waals surface area (Å²) in [5, 5.41) is 2.97. The zero-order valence-corrected chi connectivity index (χ0v) is 14.7. The number of amides is 1. The normalized spacial score (nSPS) is 21.0. The number of rotatable bonds is 7. The van der Waals surface area contributed by atoms with E-state index in [9.17, 15) is 14.4 Å². The number of hydrogen-bond donors (Lipinski definition) is 1. The number of carbonyl (C=O) groups is 3. The first-order valence-electron chi connectivity index (χ1n) is 8.67. The van der Waals surface area contributed by atoms with E-state index in [4.69, 9.17) is 9.47 Å². The van der Waals surface area contributed by atoms with E-state index >= 15 is 0 Å². The summed E-state index contributed by atoms with van der Waals surface area (Å²) in [6, 6.07) is 6.52. The molecule has 0 radical (unpaired) electrons. The lowest BCUT2D eigenvalue weighted by Crippen LogP contribution is -2.46. The van der Waals surface area contributed by atoms with E-state index in [0.717, 1.165) is 25.5 Å². The van der Waals surface area contributed by atoms with Crippen LogP contribution in [0.4, 0.5) is 0 Å². The van der Waals surface area contributed by atoms with Crippen LogP contribution in [0.5, 0.6) is 5.75 Å². The molecule has 136 valence electrons. The number of nitrogens with one attached hydrogen (secondary N) is 1. The molecule has 6 nitrogen and oxygen atoms in total. The van der Waals surface area contributed by atoms with Gasteiger partial charge in [-0.3, -0.25) is 9.59 Å². The molecular formula is C19H25NO5. The van der Waals surface area contributed by atoms with Gasteiger partial charge in [-0.15, -0.1) is 0 Å². The van der Waals surface area contributed by atoms with Gasteiger partial charge >= 0.3 is 5.97 Å². The van der Waals surface area contributed by atoms with Crippen molar-refractivity contribution in [3.63, 3.8) is 0 Å². The molecule has 0 spiro atoms. The summed E-state index contributed by atoms with van der Waals surface area (Å²) in [4.78, 5) is 34.6. The van der Waals surface area contributed by atoms with Crippen molar-refractivity contribution in [2.45, 2.75) is 51.7 Å². The Kier molecular flexibility index (Phi) is 6.98. The molecule has 0 saturated heterocycles. The number of esters is 1. The average molecular weight is 347 g/mol. The minimum atomic E-state index is -0.859. The Balaban J connectivity index is 1.74. The summed E-state index contributed by atoms with van der Waals surface area (Å²) >= 11 is 0. The molecule has 25 heavy (non-hydrogen) atoms. The second kappa shape index (κ2) is 9.20. The van der Waals surface area contributed by atoms with Crippen LogP contribution in [0.1, 0.15) is 49.9 Å². The highest BCUT2D eigenvalue weighted by atomic mass is 16.6. The lowest BCUT2D eigenvalue weighted by molar-refractivity contribution is -0.157. The third kappa shape index (κ3) is 5.89. The fraction of sp³-hybridized carbons (Fsp3) is 0.526. The topological polar surface area (TPSA) is 81.7 Å². The molecule has 1 amide bonds. The van der Waals surface area contributed by atoms with Gasteiger partial charge in [0, 0.05) is 11.6 Å². The molecule has 0 unspecified atom stereocenters. The highest BCUT2D eigenvalue weighted by molar-refractivity contribution is 5.84. The van der Waals surface area contributed by atoms with Gasteiger partial charge in [0.2, 0.25) is 0 Å². The average Bonchev–Trinajstić information content (AvgIpc) is 2.62. The largest absolute Gasteiger partial charge is 0.482 e. The molecular weight excluding hydrogens is 322 g/mol. The maximum absolute atomic E-state index is 12.2. The van der Waals surface area contributed by atoms with E-state index in [-0.39, 0.29) is 18.6 Å². The molecule has 3 atom stereocenters. The molecule has 2 rings (SSSR count). The monoisotopic (exact) mass is 347 g/mol. The number of hydrogen-bond acceptors (Lipinski definition) is 5. The summed E-state index contributed by atoms with van der Waals surface area (Å²) in [7, 11) is 0. The molecule has 1 aliphatic rings. The van der Waals surface area contributed by atoms with Crippen LogP contribution in [0.15, 0.2) is 24.3 Å². The van der Waals surface area contributed by atoms with Crippen LogP contribution >= 0.6 is 0 Å². The van der Waals surface area contributed by atoms with Gasteiger partial charge < -0.3 is 14.8 Å². The van der Waals surface area contributed by atoms with Crippen LogP contribution in [0.3, 0.4) is 0 Å². The van der Waals surface area contributed by atoms with Crippen molar-refractivity contribution >= 4 is 18.2 Å². The molecule has 1 saturated carbocycles. The standard InChI is InChI=1S/C19H25NO5/c1-13-5-3-4-6-17(13)20-19(23)14(2)25-18(22)12-24-16-9-7-15(11-21)8-10-16/h7-11,13-14,17H,3-6,12H2,1-2H3,(H,20,23)/t13-,14-,17-/m1/s1. The summed E-state index contributed by atoms with van der Waals surface area (Å²) in [5.41, 5.74) is 0.525. The molecule has 1 aromatic rings. The first kappa shape index (κ1) is 19.0. The van der Waals surface area contributed by atoms with Gasteiger partial charge in [-0.1, -0.05) is 19.8 Å². The van der Waals surface area contributed by atoms with Crippen LogP contribution in [-0.2, 0) is 14.3 Å². The van der Waals surface area contributed by atoms with Crippen molar-refractivity contribution in [3.8, 4) is 5.75 Å². The van der Waals surface area contributed by atoms with E-state index in [1.807, 2.05) is 0 Å². The number of ether oxygens (including phenoxy) is 2. The molecule has 0 aliphatic heterocycles. The minimum absolute atomic E-state index is 0.148. The van der Waals surface area contributed by atoms with Crippen LogP contribution < -0.4 is 10.1 Å². The van der Waals surface area contributed by atoms with Crippen molar-refractivity contribution in [2.75, 3.05) is 6.61 Å². The van der Waals surface area contributed by atoms with E-state index in [0.29, 0.717) is 17.2 Å². The van der Waals surface area contributed by atoms with Crippen LogP contribution in [-0.4, -0.2) is 36.9 Å². The van der Waals surface area contributed by atoms with Crippen LogP contribution in [0.25, 0.3) is 0 Å². The highest BCUT2D eigenvalue weighted by Crippen LogP contribution is 2.23. The fourth-order valence-corrected chi connectivity index (χ4v) is 2.90. The van der Waals surface area contributed by atoms with Gasteiger partial charge in [0.25, 0.3) is 5.91 Å². The van der Waals surface area contributed by atoms with Gasteiger partial charge in [-0.25, -0.2) is 4.79 Å². The zero-order valence-electron chi connectivity index (χ0n) is 14.7. The van der Waals surface area contributed by atoms with E-state index in [2.05, 4.69) is 12.2 Å². The van der Waals surface area contributed by atoms with Crippen molar-refractivity contribution in [1.82, 2.24) is 5.32 Å². The molecule has 6 heteroatoms. The Morgan fingerprint density at radius 1 is 1.24 bits per heavy atom. The molecule has 1 N–H and O–H groups in total. The second-order valence-electron chi connectivity index (χ2n) is 6.48. The highest BCUT2D eigenvalue weighted by Gasteiger charge is 2.26. The Morgan fingerprint density at radius 2 is 1.92 bits per heavy atom. The number of aldehydes is 1. The molecule has 0 heterocycles. The summed E-state index contributed by atoms with van der Waals surface area (Å²) in [6.45, 7) is 3.39. The van der Waals surface area contributed by atoms with Crippen LogP contribution in [0.2, 0.25) is 0 Å². The van der Waals surface area contributed by atoms with Gasteiger partial charge in [-0.05, 0) is 49.9 Å². The quantitative estimate of drug-likeness (QED) is 0.605. The predicted octanol–water partition coefficient (Wildman–Crippen LogP) is 2.50. The zero-order chi connectivity index (χ0) is 18.2. The van der Waals surface area contributed by atoms with Crippen LogP contribution in [0, 0.1) is 5.92 Å². The summed E-state index contributed by atoms with van der Waals surface area (Å²) in [5.74, 6) is 0.00944. The van der Waals surface area contributed by atoms with Crippen molar-refractivity contribution in [1.29, 1.82) is 0 Å². The third-order valence-corrected chi connectivity index (χ3v) is 4.49. The molecule has 0 aromatic heterocycles. The van der Waals surface area contributed by atoms with Crippen molar-refractivity contribution in [3.05, 3.63) is 29.8 Å². The third-order valence-electron chi connectivity index (χ3n) is 4.49. The predicted molar refractivity (Wildman–Crippen MR) is 92.4 cm³/mol. The second-order valence-corrected chi connectivity index (χ2v) is 6.48. The SMILES string of the molecule is C[C@@H]1CCCC[C@H]1NC(=O)[C@@H](C)OC(=O)COc1ccc(C=O)cc1. The first-order valence-corrected chi connectivity index (χ1v) is 8.67. The van der Waals surface area contributed by atoms with Crippen molar-refractivity contribution < 1.29 is 23.9 Å². The summed E-state index contributed by atoms with van der Waals surface area (Å²) < 4.78 is 10.4. The van der Waals surface area contributed by atoms with Gasteiger partial charge in [-0.2, -0.15) is 0 Å².